The summed E-state index contributed by atoms with van der Waals surface area (Å²) in [5.41, 5.74) is 0.847. The first-order valence-electron chi connectivity index (χ1n) is 8.75. The third kappa shape index (κ3) is 4.28. The summed E-state index contributed by atoms with van der Waals surface area (Å²) in [5, 5.41) is 9.67. The van der Waals surface area contributed by atoms with E-state index in [4.69, 9.17) is 0 Å². The second-order valence-corrected chi connectivity index (χ2v) is 7.42. The number of hydrogen-bond donors (Lipinski definition) is 2. The number of alkyl halides is 3. The Morgan fingerprint density at radius 1 is 1.37 bits per heavy atom. The molecule has 0 unspecified atom stereocenters. The van der Waals surface area contributed by atoms with Gasteiger partial charge >= 0.3 is 6.18 Å². The third-order valence-electron chi connectivity index (χ3n) is 4.57. The Hall–Kier alpha value is -2.03. The summed E-state index contributed by atoms with van der Waals surface area (Å²) < 4.78 is 42.6. The SMILES string of the molecule is CCCCNC(=O)c1cnn2c1N[C@@H](c1ccc(Br)cc1)C[C@@H]2C(F)(F)F. The van der Waals surface area contributed by atoms with Gasteiger partial charge in [0.15, 0.2) is 6.04 Å². The Labute approximate surface area is 163 Å². The molecule has 2 atom stereocenters. The zero-order chi connectivity index (χ0) is 19.6. The fourth-order valence-corrected chi connectivity index (χ4v) is 3.38. The number of carbonyl (C=O) groups is 1. The van der Waals surface area contributed by atoms with Crippen molar-refractivity contribution in [2.75, 3.05) is 11.9 Å². The van der Waals surface area contributed by atoms with Gasteiger partial charge in [-0.15, -0.1) is 0 Å². The summed E-state index contributed by atoms with van der Waals surface area (Å²) in [7, 11) is 0. The smallest absolute Gasteiger partial charge is 0.363 e. The summed E-state index contributed by atoms with van der Waals surface area (Å²) >= 11 is 3.33. The van der Waals surface area contributed by atoms with Crippen LogP contribution in [-0.4, -0.2) is 28.4 Å². The molecule has 9 heteroatoms. The van der Waals surface area contributed by atoms with E-state index >= 15 is 0 Å². The number of aromatic nitrogens is 2. The standard InChI is InChI=1S/C18H20BrF3N4O/c1-2-3-8-23-17(27)13-10-24-26-15(18(20,21)22)9-14(25-16(13)26)11-4-6-12(19)7-5-11/h4-7,10,14-15,25H,2-3,8-9H2,1H3,(H,23,27)/t14-,15-/m1/s1. The van der Waals surface area contributed by atoms with Gasteiger partial charge in [0.2, 0.25) is 0 Å². The maximum atomic E-state index is 13.6. The van der Waals surface area contributed by atoms with Gasteiger partial charge in [0.25, 0.3) is 5.91 Å². The van der Waals surface area contributed by atoms with Crippen LogP contribution in [0.5, 0.6) is 0 Å². The lowest BCUT2D eigenvalue weighted by molar-refractivity contribution is -0.173. The lowest BCUT2D eigenvalue weighted by Gasteiger charge is -2.34. The molecule has 146 valence electrons. The molecule has 2 aromatic rings. The van der Waals surface area contributed by atoms with E-state index in [1.165, 1.54) is 6.20 Å². The van der Waals surface area contributed by atoms with Gasteiger partial charge in [0.05, 0.1) is 12.2 Å². The Bertz CT molecular complexity index is 804. The predicted octanol–water partition coefficient (Wildman–Crippen LogP) is 4.84. The van der Waals surface area contributed by atoms with Crippen LogP contribution in [0.25, 0.3) is 0 Å². The summed E-state index contributed by atoms with van der Waals surface area (Å²) in [6.45, 7) is 2.46. The van der Waals surface area contributed by atoms with Crippen molar-refractivity contribution in [1.29, 1.82) is 0 Å². The average Bonchev–Trinajstić information content (AvgIpc) is 3.04. The van der Waals surface area contributed by atoms with Crippen molar-refractivity contribution in [3.8, 4) is 0 Å². The highest BCUT2D eigenvalue weighted by Crippen LogP contribution is 2.44. The number of nitrogens with one attached hydrogen (secondary N) is 2. The molecule has 1 aliphatic heterocycles. The van der Waals surface area contributed by atoms with E-state index in [1.54, 1.807) is 24.3 Å². The van der Waals surface area contributed by atoms with Crippen LogP contribution < -0.4 is 10.6 Å². The molecule has 0 aliphatic carbocycles. The minimum Gasteiger partial charge on any atom is -0.363 e. The van der Waals surface area contributed by atoms with E-state index in [-0.39, 0.29) is 17.8 Å². The van der Waals surface area contributed by atoms with Crippen LogP contribution in [0.1, 0.15) is 54.2 Å². The molecule has 1 aromatic heterocycles. The number of unbranched alkanes of at least 4 members (excludes halogenated alkanes) is 1. The van der Waals surface area contributed by atoms with Crippen LogP contribution >= 0.6 is 15.9 Å². The van der Waals surface area contributed by atoms with Gasteiger partial charge in [-0.3, -0.25) is 4.79 Å². The fourth-order valence-electron chi connectivity index (χ4n) is 3.12. The van der Waals surface area contributed by atoms with E-state index in [1.807, 2.05) is 6.92 Å². The van der Waals surface area contributed by atoms with Crippen molar-refractivity contribution in [2.45, 2.75) is 44.4 Å². The molecule has 0 fully saturated rings. The zero-order valence-corrected chi connectivity index (χ0v) is 16.3. The third-order valence-corrected chi connectivity index (χ3v) is 5.10. The Morgan fingerprint density at radius 2 is 2.07 bits per heavy atom. The van der Waals surface area contributed by atoms with Crippen LogP contribution in [0.3, 0.4) is 0 Å². The minimum absolute atomic E-state index is 0.102. The predicted molar refractivity (Wildman–Crippen MR) is 99.7 cm³/mol. The molecule has 0 saturated carbocycles. The largest absolute Gasteiger partial charge is 0.410 e. The fraction of sp³-hybridized carbons (Fsp3) is 0.444. The van der Waals surface area contributed by atoms with Crippen LogP contribution in [0.2, 0.25) is 0 Å². The van der Waals surface area contributed by atoms with Crippen LogP contribution in [0, 0.1) is 0 Å². The number of anilines is 1. The molecule has 1 aliphatic rings. The molecule has 2 heterocycles. The lowest BCUT2D eigenvalue weighted by Crippen LogP contribution is -2.36. The number of hydrogen-bond acceptors (Lipinski definition) is 3. The van der Waals surface area contributed by atoms with Gasteiger partial charge in [-0.2, -0.15) is 18.3 Å². The average molecular weight is 445 g/mol. The summed E-state index contributed by atoms with van der Waals surface area (Å²) in [4.78, 5) is 12.4. The van der Waals surface area contributed by atoms with Gasteiger partial charge < -0.3 is 10.6 Å². The Morgan fingerprint density at radius 3 is 2.70 bits per heavy atom. The molecule has 1 amide bonds. The number of nitrogens with zero attached hydrogens (tertiary/aromatic N) is 2. The van der Waals surface area contributed by atoms with Crippen LogP contribution in [-0.2, 0) is 0 Å². The first kappa shape index (κ1) is 19.7. The monoisotopic (exact) mass is 444 g/mol. The molecule has 0 saturated heterocycles. The lowest BCUT2D eigenvalue weighted by atomic mass is 9.96. The second-order valence-electron chi connectivity index (χ2n) is 6.50. The molecular formula is C18H20BrF3N4O. The highest BCUT2D eigenvalue weighted by atomic mass is 79.9. The van der Waals surface area contributed by atoms with Gasteiger partial charge in [-0.25, -0.2) is 4.68 Å². The molecule has 27 heavy (non-hydrogen) atoms. The van der Waals surface area contributed by atoms with Crippen molar-refractivity contribution in [2.24, 2.45) is 0 Å². The zero-order valence-electron chi connectivity index (χ0n) is 14.7. The van der Waals surface area contributed by atoms with E-state index in [9.17, 15) is 18.0 Å². The van der Waals surface area contributed by atoms with E-state index in [0.29, 0.717) is 6.54 Å². The van der Waals surface area contributed by atoms with Crippen molar-refractivity contribution >= 4 is 27.7 Å². The maximum absolute atomic E-state index is 13.6. The topological polar surface area (TPSA) is 59.0 Å². The molecule has 2 N–H and O–H groups in total. The number of halogens is 4. The van der Waals surface area contributed by atoms with Crippen molar-refractivity contribution in [1.82, 2.24) is 15.1 Å². The first-order chi connectivity index (χ1) is 12.8. The van der Waals surface area contributed by atoms with E-state index < -0.39 is 24.2 Å². The van der Waals surface area contributed by atoms with Gasteiger partial charge in [-0.05, 0) is 24.1 Å². The highest BCUT2D eigenvalue weighted by molar-refractivity contribution is 9.10. The van der Waals surface area contributed by atoms with Gasteiger partial charge in [-0.1, -0.05) is 41.4 Å². The summed E-state index contributed by atoms with van der Waals surface area (Å²) in [6, 6.07) is 4.73. The Kier molecular flexibility index (Phi) is 5.78. The van der Waals surface area contributed by atoms with Crippen molar-refractivity contribution in [3.05, 3.63) is 46.1 Å². The maximum Gasteiger partial charge on any atom is 0.410 e. The van der Waals surface area contributed by atoms with Gasteiger partial charge in [0, 0.05) is 17.4 Å². The molecular weight excluding hydrogens is 425 g/mol. The molecule has 1 aromatic carbocycles. The first-order valence-corrected chi connectivity index (χ1v) is 9.55. The molecule has 0 radical (unpaired) electrons. The second kappa shape index (κ2) is 7.92. The number of carbonyl (C=O) groups excluding carboxylic acids is 1. The molecule has 0 bridgehead atoms. The van der Waals surface area contributed by atoms with E-state index in [2.05, 4.69) is 31.7 Å². The van der Waals surface area contributed by atoms with E-state index in [0.717, 1.165) is 27.6 Å². The van der Waals surface area contributed by atoms with Crippen LogP contribution in [0.4, 0.5) is 19.0 Å². The van der Waals surface area contributed by atoms with Gasteiger partial charge in [0.1, 0.15) is 11.4 Å². The number of amides is 1. The minimum atomic E-state index is -4.47. The quantitative estimate of drug-likeness (QED) is 0.648. The highest BCUT2D eigenvalue weighted by Gasteiger charge is 2.47. The number of fused-ring (bicyclic) bond motifs is 1. The van der Waals surface area contributed by atoms with Crippen molar-refractivity contribution < 1.29 is 18.0 Å². The molecule has 3 rings (SSSR count). The van der Waals surface area contributed by atoms with Crippen molar-refractivity contribution in [3.63, 3.8) is 0 Å². The molecule has 5 nitrogen and oxygen atoms in total. The number of benzene rings is 1. The van der Waals surface area contributed by atoms with Crippen LogP contribution in [0.15, 0.2) is 34.9 Å². The summed E-state index contributed by atoms with van der Waals surface area (Å²) in [5.74, 6) is -0.319. The number of rotatable bonds is 5. The normalized spacial score (nSPS) is 19.3. The molecule has 0 spiro atoms. The Balaban J connectivity index is 1.93. The summed E-state index contributed by atoms with van der Waals surface area (Å²) in [6.07, 6.45) is -1.75.